The minimum absolute atomic E-state index is 0.0438. The molecule has 0 heterocycles. The monoisotopic (exact) mass is 431 g/mol. The van der Waals surface area contributed by atoms with Crippen LogP contribution in [0.2, 0.25) is 0 Å². The Morgan fingerprint density at radius 2 is 1.16 bits per heavy atom. The Morgan fingerprint density at radius 3 is 1.61 bits per heavy atom. The van der Waals surface area contributed by atoms with Gasteiger partial charge in [0.15, 0.2) is 0 Å². The number of rotatable bonds is 6. The molecule has 0 N–H and O–H groups in total. The van der Waals surface area contributed by atoms with Crippen LogP contribution < -0.4 is 20.6 Å². The Morgan fingerprint density at radius 1 is 0.710 bits per heavy atom. The lowest BCUT2D eigenvalue weighted by atomic mass is 10.3. The molecule has 6 heteroatoms. The van der Waals surface area contributed by atoms with Gasteiger partial charge in [0.25, 0.3) is 5.69 Å². The van der Waals surface area contributed by atoms with Crippen molar-refractivity contribution in [2.24, 2.45) is 0 Å². The van der Waals surface area contributed by atoms with E-state index in [2.05, 4.69) is 28.9 Å². The maximum absolute atomic E-state index is 13.9. The summed E-state index contributed by atoms with van der Waals surface area (Å²) in [6.07, 6.45) is 0. The van der Waals surface area contributed by atoms with Crippen LogP contribution in [0.25, 0.3) is 0 Å². The Bertz CT molecular complexity index is 1130. The van der Waals surface area contributed by atoms with Crippen LogP contribution in [-0.2, 0) is 0 Å². The summed E-state index contributed by atoms with van der Waals surface area (Å²) >= 11 is 0. The predicted octanol–water partition coefficient (Wildman–Crippen LogP) is 5.08. The van der Waals surface area contributed by atoms with Gasteiger partial charge >= 0.3 is 0 Å². The van der Waals surface area contributed by atoms with E-state index in [1.807, 2.05) is 55.6 Å². The first kappa shape index (κ1) is 20.7. The van der Waals surface area contributed by atoms with Gasteiger partial charge in [-0.1, -0.05) is 36.4 Å². The Kier molecular flexibility index (Phi) is 5.79. The highest BCUT2D eigenvalue weighted by Gasteiger charge is 2.50. The molecule has 31 heavy (non-hydrogen) atoms. The van der Waals surface area contributed by atoms with Crippen LogP contribution in [0.1, 0.15) is 0 Å². The molecule has 0 unspecified atom stereocenters. The van der Waals surface area contributed by atoms with E-state index in [0.29, 0.717) is 0 Å². The molecule has 0 aliphatic heterocycles. The van der Waals surface area contributed by atoms with E-state index in [1.165, 1.54) is 24.3 Å². The molecule has 0 radical (unpaired) electrons. The highest BCUT2D eigenvalue weighted by atomic mass is 31.2. The van der Waals surface area contributed by atoms with Crippen LogP contribution in [0.3, 0.4) is 0 Å². The van der Waals surface area contributed by atoms with E-state index in [9.17, 15) is 14.5 Å². The molecule has 0 aromatic heterocycles. The van der Waals surface area contributed by atoms with E-state index in [4.69, 9.17) is 0 Å². The number of hydrogen-bond donors (Lipinski definition) is 0. The third-order valence-corrected chi connectivity index (χ3v) is 9.61. The molecule has 0 atom stereocenters. The van der Waals surface area contributed by atoms with Gasteiger partial charge in [0, 0.05) is 19.2 Å². The molecule has 4 rings (SSSR count). The van der Waals surface area contributed by atoms with Gasteiger partial charge in [0.2, 0.25) is 7.41 Å². The zero-order valence-corrected chi connectivity index (χ0v) is 17.8. The quantitative estimate of drug-likeness (QED) is 0.243. The largest absolute Gasteiger partial charge is 0.269 e. The van der Waals surface area contributed by atoms with Crippen molar-refractivity contribution in [3.05, 3.63) is 125 Å². The molecule has 0 amide bonds. The zero-order chi connectivity index (χ0) is 21.8. The van der Waals surface area contributed by atoms with Crippen LogP contribution in [0.5, 0.6) is 0 Å². The first-order valence-corrected chi connectivity index (χ1v) is 11.5. The highest BCUT2D eigenvalue weighted by Crippen LogP contribution is 2.59. The number of benzene rings is 4. The average molecular weight is 431 g/mol. The van der Waals surface area contributed by atoms with E-state index < -0.39 is 12.3 Å². The lowest BCUT2D eigenvalue weighted by Gasteiger charge is -2.35. The number of anilines is 1. The second-order valence-electron chi connectivity index (χ2n) is 7.08. The minimum atomic E-state index is -2.43. The van der Waals surface area contributed by atoms with Crippen molar-refractivity contribution in [2.45, 2.75) is 0 Å². The second kappa shape index (κ2) is 8.66. The summed E-state index contributed by atoms with van der Waals surface area (Å²) in [5, 5.41) is 14.3. The van der Waals surface area contributed by atoms with Crippen LogP contribution in [0, 0.1) is 15.9 Å². The summed E-state index contributed by atoms with van der Waals surface area (Å²) in [6.45, 7) is 0. The topological polar surface area (TPSA) is 46.4 Å². The minimum Gasteiger partial charge on any atom is -0.258 e. The van der Waals surface area contributed by atoms with Crippen molar-refractivity contribution in [1.29, 1.82) is 0 Å². The first-order chi connectivity index (χ1) is 15.0. The van der Waals surface area contributed by atoms with Gasteiger partial charge in [-0.05, 0) is 60.7 Å². The smallest absolute Gasteiger partial charge is 0.258 e. The molecule has 0 spiro atoms. The fourth-order valence-corrected chi connectivity index (χ4v) is 8.08. The molecule has 4 nitrogen and oxygen atoms in total. The van der Waals surface area contributed by atoms with E-state index in [0.717, 1.165) is 21.6 Å². The van der Waals surface area contributed by atoms with Gasteiger partial charge in [0.1, 0.15) is 21.7 Å². The number of nitro groups is 1. The van der Waals surface area contributed by atoms with Crippen LogP contribution in [0.4, 0.5) is 15.8 Å². The Balaban J connectivity index is 2.01. The normalized spacial score (nSPS) is 11.2. The number of non-ortho nitro benzene ring substituents is 1. The lowest BCUT2D eigenvalue weighted by Crippen LogP contribution is -2.41. The second-order valence-corrected chi connectivity index (χ2v) is 10.5. The van der Waals surface area contributed by atoms with Crippen molar-refractivity contribution in [3.8, 4) is 0 Å². The molecule has 0 fully saturated rings. The summed E-state index contributed by atoms with van der Waals surface area (Å²) in [6, 6.07) is 33.5. The highest BCUT2D eigenvalue weighted by molar-refractivity contribution is 7.96. The van der Waals surface area contributed by atoms with Crippen molar-refractivity contribution >= 4 is 34.7 Å². The van der Waals surface area contributed by atoms with Gasteiger partial charge in [0.05, 0.1) is 10.6 Å². The molecule has 0 saturated carbocycles. The molecular weight excluding hydrogens is 410 g/mol. The van der Waals surface area contributed by atoms with E-state index in [-0.39, 0.29) is 11.5 Å². The van der Waals surface area contributed by atoms with E-state index in [1.54, 1.807) is 12.1 Å². The summed E-state index contributed by atoms with van der Waals surface area (Å²) < 4.78 is 16.0. The van der Waals surface area contributed by atoms with Crippen LogP contribution >= 0.6 is 7.41 Å². The Labute approximate surface area is 181 Å². The molecular formula is C25H21FN2O2P+. The molecule has 0 bridgehead atoms. The first-order valence-electron chi connectivity index (χ1n) is 9.78. The molecule has 0 saturated heterocycles. The molecule has 0 aliphatic carbocycles. The van der Waals surface area contributed by atoms with E-state index >= 15 is 0 Å². The van der Waals surface area contributed by atoms with Crippen molar-refractivity contribution in [1.82, 2.24) is 0 Å². The van der Waals surface area contributed by atoms with Gasteiger partial charge < -0.3 is 0 Å². The third-order valence-electron chi connectivity index (χ3n) is 5.34. The van der Waals surface area contributed by atoms with Gasteiger partial charge in [-0.2, -0.15) is 0 Å². The SMILES string of the molecule is CN(c1ccc([N+](=O)[O-])cc1)[P+](c1ccccc1)(c1ccccc1)c1ccc(F)cc1. The Hall–Kier alpha value is -3.56. The molecule has 4 aromatic rings. The van der Waals surface area contributed by atoms with Gasteiger partial charge in [-0.25, -0.2) is 9.06 Å². The van der Waals surface area contributed by atoms with Gasteiger partial charge in [-0.3, -0.25) is 10.1 Å². The fraction of sp³-hybridized carbons (Fsp3) is 0.0400. The van der Waals surface area contributed by atoms with Crippen molar-refractivity contribution in [3.63, 3.8) is 0 Å². The zero-order valence-electron chi connectivity index (χ0n) is 16.9. The number of halogens is 1. The number of hydrogen-bond acceptors (Lipinski definition) is 3. The lowest BCUT2D eigenvalue weighted by molar-refractivity contribution is -0.384. The number of nitrogens with zero attached hydrogens (tertiary/aromatic N) is 2. The maximum atomic E-state index is 13.9. The third kappa shape index (κ3) is 3.80. The average Bonchev–Trinajstić information content (AvgIpc) is 2.82. The molecule has 154 valence electrons. The van der Waals surface area contributed by atoms with Crippen molar-refractivity contribution < 1.29 is 9.31 Å². The van der Waals surface area contributed by atoms with Crippen molar-refractivity contribution in [2.75, 3.05) is 11.7 Å². The molecule has 0 aliphatic rings. The van der Waals surface area contributed by atoms with Crippen LogP contribution in [0.15, 0.2) is 109 Å². The maximum Gasteiger partial charge on any atom is 0.269 e. The van der Waals surface area contributed by atoms with Crippen LogP contribution in [-0.4, -0.2) is 12.0 Å². The van der Waals surface area contributed by atoms with Gasteiger partial charge in [-0.15, -0.1) is 0 Å². The molecule has 4 aromatic carbocycles. The summed E-state index contributed by atoms with van der Waals surface area (Å²) in [7, 11) is -0.430. The summed E-state index contributed by atoms with van der Waals surface area (Å²) in [5.41, 5.74) is 0.887. The standard InChI is InChI=1S/C25H21FN2O2P/c1-27(21-14-16-22(17-15-21)28(29)30)31(23-8-4-2-5-9-23,24-10-6-3-7-11-24)25-18-12-20(26)13-19-25/h2-19H,1H3/q+1. The summed E-state index contributed by atoms with van der Waals surface area (Å²) in [5.74, 6) is -0.291. The number of nitro benzene ring substituents is 1. The fourth-order valence-electron chi connectivity index (χ4n) is 3.87. The predicted molar refractivity (Wildman–Crippen MR) is 127 cm³/mol. The summed E-state index contributed by atoms with van der Waals surface area (Å²) in [4.78, 5) is 10.7.